The van der Waals surface area contributed by atoms with Gasteiger partial charge in [-0.05, 0) is 58.6 Å². The topological polar surface area (TPSA) is 24.8 Å². The van der Waals surface area contributed by atoms with Crippen LogP contribution in [0.2, 0.25) is 0 Å². The minimum Gasteiger partial charge on any atom is -0.391 e. The molecule has 0 radical (unpaired) electrons. The summed E-state index contributed by atoms with van der Waals surface area (Å²) in [4.78, 5) is 8.09. The Morgan fingerprint density at radius 1 is 0.960 bits per heavy atom. The summed E-state index contributed by atoms with van der Waals surface area (Å²) in [6, 6.07) is 19.6. The Morgan fingerprint density at radius 2 is 1.64 bits per heavy atom. The van der Waals surface area contributed by atoms with E-state index in [1.165, 1.54) is 29.5 Å². The van der Waals surface area contributed by atoms with Crippen molar-refractivity contribution in [2.75, 3.05) is 13.1 Å². The Kier molecular flexibility index (Phi) is 5.18. The minimum absolute atomic E-state index is 0.279. The van der Waals surface area contributed by atoms with E-state index in [0.29, 0.717) is 5.92 Å². The van der Waals surface area contributed by atoms with Crippen LogP contribution in [0.3, 0.4) is 0 Å². The third-order valence-electron chi connectivity index (χ3n) is 5.28. The van der Waals surface area contributed by atoms with E-state index in [2.05, 4.69) is 80.6 Å². The largest absolute Gasteiger partial charge is 0.391 e. The smallest absolute Gasteiger partial charge is 0.136 e. The molecule has 25 heavy (non-hydrogen) atoms. The van der Waals surface area contributed by atoms with Crippen molar-refractivity contribution in [1.82, 2.24) is 4.90 Å². The number of halogens is 1. The number of rotatable bonds is 4. The van der Waals surface area contributed by atoms with Crippen LogP contribution < -0.4 is 0 Å². The molecule has 0 bridgehead atoms. The lowest BCUT2D eigenvalue weighted by Crippen LogP contribution is -2.37. The van der Waals surface area contributed by atoms with Gasteiger partial charge in [-0.25, -0.2) is 0 Å². The highest BCUT2D eigenvalue weighted by Crippen LogP contribution is 2.30. The van der Waals surface area contributed by atoms with Gasteiger partial charge in [0.05, 0.1) is 0 Å². The van der Waals surface area contributed by atoms with Crippen LogP contribution >= 0.6 is 15.9 Å². The zero-order valence-corrected chi connectivity index (χ0v) is 15.9. The Balaban J connectivity index is 1.30. The molecule has 4 heteroatoms. The molecule has 1 fully saturated rings. The third-order valence-corrected chi connectivity index (χ3v) is 5.75. The summed E-state index contributed by atoms with van der Waals surface area (Å²) in [6.45, 7) is 3.32. The molecule has 2 aromatic rings. The highest BCUT2D eigenvalue weighted by atomic mass is 79.9. The van der Waals surface area contributed by atoms with E-state index >= 15 is 0 Å². The van der Waals surface area contributed by atoms with Gasteiger partial charge >= 0.3 is 0 Å². The number of hydrogen-bond donors (Lipinski definition) is 0. The standard InChI is InChI=1S/C21H23BrN2O/c22-21-14-20(25-23-21)19-10-12-24(13-11-19)15-16-6-8-18(9-7-16)17-4-2-1-3-5-17/h1-9,19-20H,10-15H2/t20-/m0/s1. The predicted octanol–water partition coefficient (Wildman–Crippen LogP) is 5.06. The van der Waals surface area contributed by atoms with Crippen LogP contribution in [0.1, 0.15) is 24.8 Å². The molecule has 130 valence electrons. The summed E-state index contributed by atoms with van der Waals surface area (Å²) in [7, 11) is 0. The average molecular weight is 399 g/mol. The van der Waals surface area contributed by atoms with E-state index < -0.39 is 0 Å². The fourth-order valence-corrected chi connectivity index (χ4v) is 4.20. The normalized spacial score (nSPS) is 21.8. The van der Waals surface area contributed by atoms with Gasteiger partial charge in [-0.2, -0.15) is 0 Å². The molecule has 0 N–H and O–H groups in total. The molecular weight excluding hydrogens is 376 g/mol. The SMILES string of the molecule is BrC1=NO[C@H](C2CCN(Cc3ccc(-c4ccccc4)cc3)CC2)C1. The van der Waals surface area contributed by atoms with Crippen LogP contribution in [0, 0.1) is 5.92 Å². The van der Waals surface area contributed by atoms with Crippen molar-refractivity contribution in [2.45, 2.75) is 31.9 Å². The molecule has 0 saturated carbocycles. The summed E-state index contributed by atoms with van der Waals surface area (Å²) in [5, 5.41) is 4.03. The Hall–Kier alpha value is -1.65. The number of likely N-dealkylation sites (tertiary alicyclic amines) is 1. The predicted molar refractivity (Wildman–Crippen MR) is 106 cm³/mol. The van der Waals surface area contributed by atoms with Crippen molar-refractivity contribution in [3.63, 3.8) is 0 Å². The molecule has 0 spiro atoms. The number of piperidine rings is 1. The molecule has 2 aliphatic rings. The molecule has 0 unspecified atom stereocenters. The van der Waals surface area contributed by atoms with Gasteiger partial charge in [0.25, 0.3) is 0 Å². The summed E-state index contributed by atoms with van der Waals surface area (Å²) < 4.78 is 0.957. The summed E-state index contributed by atoms with van der Waals surface area (Å²) in [5.74, 6) is 0.635. The second-order valence-electron chi connectivity index (χ2n) is 6.99. The molecule has 2 aromatic carbocycles. The second-order valence-corrected chi connectivity index (χ2v) is 7.91. The maximum atomic E-state index is 5.54. The lowest BCUT2D eigenvalue weighted by Gasteiger charge is -2.33. The van der Waals surface area contributed by atoms with Gasteiger partial charge < -0.3 is 4.84 Å². The van der Waals surface area contributed by atoms with Crippen LogP contribution in [-0.2, 0) is 11.4 Å². The average Bonchev–Trinajstić information content (AvgIpc) is 3.10. The van der Waals surface area contributed by atoms with E-state index in [-0.39, 0.29) is 6.10 Å². The highest BCUT2D eigenvalue weighted by Gasteiger charge is 2.31. The first kappa shape index (κ1) is 16.8. The van der Waals surface area contributed by atoms with E-state index in [1.54, 1.807) is 0 Å². The minimum atomic E-state index is 0.279. The zero-order chi connectivity index (χ0) is 17.1. The number of benzene rings is 2. The van der Waals surface area contributed by atoms with Gasteiger partial charge in [-0.1, -0.05) is 59.8 Å². The summed E-state index contributed by atoms with van der Waals surface area (Å²) in [6.07, 6.45) is 3.61. The molecule has 2 heterocycles. The van der Waals surface area contributed by atoms with E-state index in [4.69, 9.17) is 4.84 Å². The van der Waals surface area contributed by atoms with Gasteiger partial charge in [-0.3, -0.25) is 4.90 Å². The van der Waals surface area contributed by atoms with Crippen LogP contribution in [0.15, 0.2) is 59.8 Å². The first-order valence-corrected chi connectivity index (χ1v) is 9.82. The molecular formula is C21H23BrN2O. The molecule has 4 rings (SSSR count). The van der Waals surface area contributed by atoms with Gasteiger partial charge in [0, 0.05) is 18.9 Å². The fraction of sp³-hybridized carbons (Fsp3) is 0.381. The second kappa shape index (κ2) is 7.71. The quantitative estimate of drug-likeness (QED) is 0.718. The van der Waals surface area contributed by atoms with E-state index in [9.17, 15) is 0 Å². The maximum absolute atomic E-state index is 5.54. The molecule has 1 saturated heterocycles. The Bertz CT molecular complexity index is 721. The maximum Gasteiger partial charge on any atom is 0.136 e. The summed E-state index contributed by atoms with van der Waals surface area (Å²) >= 11 is 3.44. The lowest BCUT2D eigenvalue weighted by molar-refractivity contribution is 0.0127. The molecule has 0 amide bonds. The fourth-order valence-electron chi connectivity index (χ4n) is 3.79. The Morgan fingerprint density at radius 3 is 2.28 bits per heavy atom. The van der Waals surface area contributed by atoms with Crippen molar-refractivity contribution in [3.8, 4) is 11.1 Å². The van der Waals surface area contributed by atoms with Crippen molar-refractivity contribution >= 4 is 20.6 Å². The molecule has 0 aromatic heterocycles. The van der Waals surface area contributed by atoms with Gasteiger partial charge in [0.2, 0.25) is 0 Å². The summed E-state index contributed by atoms with van der Waals surface area (Å²) in [5.41, 5.74) is 3.95. The molecule has 1 atom stereocenters. The highest BCUT2D eigenvalue weighted by molar-refractivity contribution is 9.18. The Labute approximate surface area is 157 Å². The van der Waals surface area contributed by atoms with E-state index in [0.717, 1.165) is 30.7 Å². The van der Waals surface area contributed by atoms with Gasteiger partial charge in [0.1, 0.15) is 10.7 Å². The van der Waals surface area contributed by atoms with Crippen molar-refractivity contribution in [3.05, 3.63) is 60.2 Å². The monoisotopic (exact) mass is 398 g/mol. The van der Waals surface area contributed by atoms with Crippen molar-refractivity contribution in [2.24, 2.45) is 11.1 Å². The lowest BCUT2D eigenvalue weighted by atomic mass is 9.90. The first-order chi connectivity index (χ1) is 12.3. The molecule has 3 nitrogen and oxygen atoms in total. The molecule has 0 aliphatic carbocycles. The number of nitrogens with zero attached hydrogens (tertiary/aromatic N) is 2. The molecule has 2 aliphatic heterocycles. The third kappa shape index (κ3) is 4.13. The van der Waals surface area contributed by atoms with Gasteiger partial charge in [-0.15, -0.1) is 0 Å². The van der Waals surface area contributed by atoms with Crippen LogP contribution in [0.4, 0.5) is 0 Å². The zero-order valence-electron chi connectivity index (χ0n) is 14.3. The van der Waals surface area contributed by atoms with Gasteiger partial charge in [0.15, 0.2) is 0 Å². The number of oxime groups is 1. The first-order valence-electron chi connectivity index (χ1n) is 9.03. The van der Waals surface area contributed by atoms with E-state index in [1.807, 2.05) is 0 Å². The van der Waals surface area contributed by atoms with Crippen LogP contribution in [-0.4, -0.2) is 28.7 Å². The van der Waals surface area contributed by atoms with Crippen LogP contribution in [0.25, 0.3) is 11.1 Å². The van der Waals surface area contributed by atoms with Crippen molar-refractivity contribution in [1.29, 1.82) is 0 Å². The number of hydrogen-bond acceptors (Lipinski definition) is 3. The van der Waals surface area contributed by atoms with Crippen molar-refractivity contribution < 1.29 is 4.84 Å². The van der Waals surface area contributed by atoms with Crippen LogP contribution in [0.5, 0.6) is 0 Å².